The van der Waals surface area contributed by atoms with E-state index in [9.17, 15) is 13.2 Å². The molecule has 6 heteroatoms. The van der Waals surface area contributed by atoms with Gasteiger partial charge < -0.3 is 4.90 Å². The number of amides is 1. The molecule has 3 aromatic carbocycles. The molecule has 1 aliphatic rings. The molecule has 1 aliphatic heterocycles. The Bertz CT molecular complexity index is 1190. The zero-order chi connectivity index (χ0) is 21.3. The van der Waals surface area contributed by atoms with Crippen molar-refractivity contribution in [3.8, 4) is 0 Å². The molecule has 0 fully saturated rings. The van der Waals surface area contributed by atoms with Gasteiger partial charge in [-0.1, -0.05) is 24.3 Å². The van der Waals surface area contributed by atoms with Crippen LogP contribution >= 0.6 is 0 Å². The van der Waals surface area contributed by atoms with Crippen LogP contribution in [0.15, 0.2) is 71.6 Å². The summed E-state index contributed by atoms with van der Waals surface area (Å²) in [5.41, 5.74) is 5.51. The fourth-order valence-corrected chi connectivity index (χ4v) is 5.02. The van der Waals surface area contributed by atoms with Crippen LogP contribution in [0.1, 0.15) is 33.5 Å². The van der Waals surface area contributed by atoms with Crippen molar-refractivity contribution in [1.82, 2.24) is 0 Å². The van der Waals surface area contributed by atoms with Gasteiger partial charge in [0.1, 0.15) is 0 Å². The molecule has 0 bridgehead atoms. The fourth-order valence-electron chi connectivity index (χ4n) is 3.94. The minimum absolute atomic E-state index is 0.0709. The first-order valence-corrected chi connectivity index (χ1v) is 11.4. The van der Waals surface area contributed by atoms with E-state index < -0.39 is 10.0 Å². The molecular formula is C24H24N2O3S. The number of anilines is 2. The lowest BCUT2D eigenvalue weighted by molar-refractivity contribution is 0.0985. The number of hydrogen-bond acceptors (Lipinski definition) is 3. The Morgan fingerprint density at radius 2 is 1.67 bits per heavy atom. The summed E-state index contributed by atoms with van der Waals surface area (Å²) in [7, 11) is -3.66. The maximum atomic E-state index is 13.2. The number of carbonyl (C=O) groups is 1. The third-order valence-electron chi connectivity index (χ3n) is 5.38. The second-order valence-electron chi connectivity index (χ2n) is 7.64. The van der Waals surface area contributed by atoms with Gasteiger partial charge in [-0.3, -0.25) is 9.52 Å². The molecule has 3 aromatic rings. The number of hydrogen-bond donors (Lipinski definition) is 1. The maximum Gasteiger partial charge on any atom is 0.261 e. The Kier molecular flexibility index (Phi) is 5.35. The molecule has 154 valence electrons. The van der Waals surface area contributed by atoms with Gasteiger partial charge >= 0.3 is 0 Å². The molecule has 4 rings (SSSR count). The Morgan fingerprint density at radius 1 is 0.967 bits per heavy atom. The molecule has 5 nitrogen and oxygen atoms in total. The average Bonchev–Trinajstić information content (AvgIpc) is 2.74. The van der Waals surface area contributed by atoms with E-state index in [4.69, 9.17) is 0 Å². The van der Waals surface area contributed by atoms with E-state index in [1.54, 1.807) is 42.5 Å². The largest absolute Gasteiger partial charge is 0.308 e. The molecular weight excluding hydrogens is 396 g/mol. The number of nitrogens with one attached hydrogen (secondary N) is 1. The summed E-state index contributed by atoms with van der Waals surface area (Å²) in [6.07, 6.45) is 1.91. The van der Waals surface area contributed by atoms with Gasteiger partial charge in [0, 0.05) is 23.5 Å². The van der Waals surface area contributed by atoms with Gasteiger partial charge in [-0.25, -0.2) is 8.42 Å². The van der Waals surface area contributed by atoms with Crippen LogP contribution in [0.4, 0.5) is 11.4 Å². The monoisotopic (exact) mass is 420 g/mol. The van der Waals surface area contributed by atoms with Crippen LogP contribution in [0, 0.1) is 13.8 Å². The summed E-state index contributed by atoms with van der Waals surface area (Å²) in [6, 6.07) is 19.0. The predicted octanol–water partition coefficient (Wildman–Crippen LogP) is 4.70. The molecule has 0 spiro atoms. The smallest absolute Gasteiger partial charge is 0.261 e. The van der Waals surface area contributed by atoms with Crippen molar-refractivity contribution in [1.29, 1.82) is 0 Å². The van der Waals surface area contributed by atoms with Crippen molar-refractivity contribution in [2.24, 2.45) is 0 Å². The van der Waals surface area contributed by atoms with Gasteiger partial charge in [0.15, 0.2) is 0 Å². The first-order chi connectivity index (χ1) is 14.3. The van der Waals surface area contributed by atoms with Crippen LogP contribution in [-0.2, 0) is 16.4 Å². The molecule has 0 saturated heterocycles. The van der Waals surface area contributed by atoms with Gasteiger partial charge in [0.2, 0.25) is 0 Å². The van der Waals surface area contributed by atoms with E-state index in [0.29, 0.717) is 17.8 Å². The summed E-state index contributed by atoms with van der Waals surface area (Å²) in [4.78, 5) is 15.2. The molecule has 1 amide bonds. The third-order valence-corrected chi connectivity index (χ3v) is 6.77. The first-order valence-electron chi connectivity index (χ1n) is 9.95. The van der Waals surface area contributed by atoms with Crippen molar-refractivity contribution in [2.75, 3.05) is 16.2 Å². The second kappa shape index (κ2) is 7.95. The number of aryl methyl sites for hydroxylation is 2. The average molecular weight is 421 g/mol. The Balaban J connectivity index is 1.57. The summed E-state index contributed by atoms with van der Waals surface area (Å²) < 4.78 is 27.5. The van der Waals surface area contributed by atoms with E-state index in [1.807, 2.05) is 11.8 Å². The van der Waals surface area contributed by atoms with Crippen LogP contribution in [0.5, 0.6) is 0 Å². The zero-order valence-electron chi connectivity index (χ0n) is 17.1. The Labute approximate surface area is 177 Å². The summed E-state index contributed by atoms with van der Waals surface area (Å²) >= 11 is 0. The van der Waals surface area contributed by atoms with E-state index in [2.05, 4.69) is 23.8 Å². The van der Waals surface area contributed by atoms with E-state index in [0.717, 1.165) is 24.1 Å². The molecule has 0 unspecified atom stereocenters. The lowest BCUT2D eigenvalue weighted by Gasteiger charge is -2.31. The first kappa shape index (κ1) is 20.2. The van der Waals surface area contributed by atoms with Crippen LogP contribution in [0.25, 0.3) is 0 Å². The van der Waals surface area contributed by atoms with Crippen molar-refractivity contribution >= 4 is 27.3 Å². The molecule has 1 heterocycles. The highest BCUT2D eigenvalue weighted by Gasteiger charge is 2.25. The van der Waals surface area contributed by atoms with Crippen molar-refractivity contribution in [3.63, 3.8) is 0 Å². The van der Waals surface area contributed by atoms with Crippen molar-refractivity contribution in [3.05, 3.63) is 89.0 Å². The zero-order valence-corrected chi connectivity index (χ0v) is 17.9. The number of nitrogens with zero attached hydrogens (tertiary/aromatic N) is 1. The highest BCUT2D eigenvalue weighted by Crippen LogP contribution is 2.32. The molecule has 0 aliphatic carbocycles. The molecule has 0 radical (unpaired) electrons. The standard InChI is InChI=1S/C24H24N2O3S/c1-17-15-18(2)22-9-6-14-26(23(22)16-17)24(27)19-10-12-20(13-11-19)25-30(28,29)21-7-4-3-5-8-21/h3-5,7-8,10-13,15-16,25H,6,9,14H2,1-2H3. The summed E-state index contributed by atoms with van der Waals surface area (Å²) in [5.74, 6) is -0.0709. The topological polar surface area (TPSA) is 66.5 Å². The van der Waals surface area contributed by atoms with Crippen LogP contribution in [-0.4, -0.2) is 20.9 Å². The summed E-state index contributed by atoms with van der Waals surface area (Å²) in [5, 5.41) is 0. The third kappa shape index (κ3) is 3.96. The lowest BCUT2D eigenvalue weighted by Crippen LogP contribution is -2.35. The normalized spacial score (nSPS) is 13.6. The minimum Gasteiger partial charge on any atom is -0.308 e. The van der Waals surface area contributed by atoms with Gasteiger partial charge in [-0.15, -0.1) is 0 Å². The van der Waals surface area contributed by atoms with Gasteiger partial charge in [-0.2, -0.15) is 0 Å². The second-order valence-corrected chi connectivity index (χ2v) is 9.32. The van der Waals surface area contributed by atoms with E-state index >= 15 is 0 Å². The van der Waals surface area contributed by atoms with Crippen molar-refractivity contribution in [2.45, 2.75) is 31.6 Å². The van der Waals surface area contributed by atoms with Crippen LogP contribution in [0.3, 0.4) is 0 Å². The molecule has 0 saturated carbocycles. The SMILES string of the molecule is Cc1cc(C)c2c(c1)N(C(=O)c1ccc(NS(=O)(=O)c3ccccc3)cc1)CCC2. The highest BCUT2D eigenvalue weighted by molar-refractivity contribution is 7.92. The predicted molar refractivity (Wildman–Crippen MR) is 120 cm³/mol. The molecule has 30 heavy (non-hydrogen) atoms. The Hall–Kier alpha value is -3.12. The minimum atomic E-state index is -3.66. The van der Waals surface area contributed by atoms with Crippen LogP contribution < -0.4 is 9.62 Å². The lowest BCUT2D eigenvalue weighted by atomic mass is 9.94. The highest BCUT2D eigenvalue weighted by atomic mass is 32.2. The maximum absolute atomic E-state index is 13.2. The van der Waals surface area contributed by atoms with Gasteiger partial charge in [0.05, 0.1) is 4.90 Å². The van der Waals surface area contributed by atoms with Gasteiger partial charge in [0.25, 0.3) is 15.9 Å². The molecule has 0 aromatic heterocycles. The van der Waals surface area contributed by atoms with E-state index in [-0.39, 0.29) is 10.8 Å². The van der Waals surface area contributed by atoms with Crippen LogP contribution in [0.2, 0.25) is 0 Å². The Morgan fingerprint density at radius 3 is 2.37 bits per heavy atom. The fraction of sp³-hybridized carbons (Fsp3) is 0.208. The number of benzene rings is 3. The van der Waals surface area contributed by atoms with Gasteiger partial charge in [-0.05, 0) is 85.8 Å². The number of rotatable bonds is 4. The number of sulfonamides is 1. The number of carbonyl (C=O) groups excluding carboxylic acids is 1. The summed E-state index contributed by atoms with van der Waals surface area (Å²) in [6.45, 7) is 4.81. The molecule has 0 atom stereocenters. The number of fused-ring (bicyclic) bond motifs is 1. The molecule has 1 N–H and O–H groups in total. The van der Waals surface area contributed by atoms with E-state index in [1.165, 1.54) is 23.3 Å². The van der Waals surface area contributed by atoms with Crippen molar-refractivity contribution < 1.29 is 13.2 Å². The quantitative estimate of drug-likeness (QED) is 0.665.